The largest absolute Gasteiger partial charge is 0.462 e. The van der Waals surface area contributed by atoms with E-state index in [1.807, 2.05) is 0 Å². The van der Waals surface area contributed by atoms with Gasteiger partial charge < -0.3 is 4.74 Å². The molecule has 0 saturated heterocycles. The van der Waals surface area contributed by atoms with Gasteiger partial charge in [0.2, 0.25) is 0 Å². The molecule has 1 atom stereocenters. The second-order valence-electron chi connectivity index (χ2n) is 4.85. The second-order valence-corrected chi connectivity index (χ2v) is 4.85. The molecule has 0 spiro atoms. The molecule has 0 amide bonds. The van der Waals surface area contributed by atoms with E-state index in [2.05, 4.69) is 9.47 Å². The quantitative estimate of drug-likeness (QED) is 0.492. The second kappa shape index (κ2) is 7.13. The van der Waals surface area contributed by atoms with Gasteiger partial charge in [-0.3, -0.25) is 4.74 Å². The van der Waals surface area contributed by atoms with Gasteiger partial charge in [-0.1, -0.05) is 30.3 Å². The van der Waals surface area contributed by atoms with Crippen LogP contribution < -0.4 is 0 Å². The van der Waals surface area contributed by atoms with Crippen molar-refractivity contribution < 1.29 is 62.6 Å². The van der Waals surface area contributed by atoms with Crippen LogP contribution in [0.25, 0.3) is 0 Å². The number of rotatable bonds is 6. The Kier molecular flexibility index (Phi) is 6.05. The lowest BCUT2D eigenvalue weighted by molar-refractivity contribution is -0.475. The number of carbonyl (C=O) groups excluding carboxylic acids is 1. The van der Waals surface area contributed by atoms with Gasteiger partial charge in [-0.05, 0) is 5.56 Å². The highest BCUT2D eigenvalue weighted by Crippen LogP contribution is 2.51. The van der Waals surface area contributed by atoms with E-state index in [0.29, 0.717) is 0 Å². The summed E-state index contributed by atoms with van der Waals surface area (Å²) in [6.45, 7) is -1.15. The maximum Gasteiger partial charge on any atom is 0.462 e. The summed E-state index contributed by atoms with van der Waals surface area (Å²) in [4.78, 5) is 11.2. The summed E-state index contributed by atoms with van der Waals surface area (Å²) in [5.41, 5.74) is -0.0808. The van der Waals surface area contributed by atoms with Gasteiger partial charge in [-0.15, -0.1) is 0 Å². The first kappa shape index (κ1) is 22.9. The van der Waals surface area contributed by atoms with Crippen LogP contribution in [0, 0.1) is 0 Å². The topological polar surface area (TPSA) is 35.5 Å². The van der Waals surface area contributed by atoms with Gasteiger partial charge in [0.1, 0.15) is 6.61 Å². The van der Waals surface area contributed by atoms with Crippen LogP contribution in [0.15, 0.2) is 30.3 Å². The zero-order valence-corrected chi connectivity index (χ0v) is 12.5. The van der Waals surface area contributed by atoms with Crippen LogP contribution in [-0.4, -0.2) is 36.2 Å². The molecule has 154 valence electrons. The highest BCUT2D eigenvalue weighted by Gasteiger charge is 2.80. The fraction of sp³-hybridized carbons (Fsp3) is 0.462. The Labute approximate surface area is 142 Å². The van der Waals surface area contributed by atoms with Crippen LogP contribution >= 0.6 is 0 Å². The predicted octanol–water partition coefficient (Wildman–Crippen LogP) is 4.76. The van der Waals surface area contributed by atoms with Crippen molar-refractivity contribution in [1.82, 2.24) is 0 Å². The molecule has 14 heteroatoms. The van der Waals surface area contributed by atoms with Gasteiger partial charge in [0.15, 0.2) is 0 Å². The molecular formula is C13H7F11O3. The summed E-state index contributed by atoms with van der Waals surface area (Å²) in [6.07, 6.45) is -21.0. The summed E-state index contributed by atoms with van der Waals surface area (Å²) >= 11 is 0. The molecule has 1 aromatic carbocycles. The maximum absolute atomic E-state index is 13.8. The molecule has 0 unspecified atom stereocenters. The summed E-state index contributed by atoms with van der Waals surface area (Å²) in [5.74, 6) is -16.8. The summed E-state index contributed by atoms with van der Waals surface area (Å²) in [5, 5.41) is 0. The van der Waals surface area contributed by atoms with E-state index in [1.165, 1.54) is 18.2 Å². The number of hydrogen-bond donors (Lipinski definition) is 0. The van der Waals surface area contributed by atoms with E-state index in [0.717, 1.165) is 12.1 Å². The van der Waals surface area contributed by atoms with Crippen molar-refractivity contribution in [3.8, 4) is 0 Å². The van der Waals surface area contributed by atoms with Gasteiger partial charge in [-0.25, -0.2) is 4.79 Å². The minimum absolute atomic E-state index is 0.0808. The molecule has 3 nitrogen and oxygen atoms in total. The number of benzene rings is 1. The third kappa shape index (κ3) is 4.59. The molecular weight excluding hydrogens is 413 g/mol. The molecule has 0 aliphatic carbocycles. The third-order valence-electron chi connectivity index (χ3n) is 2.83. The van der Waals surface area contributed by atoms with Gasteiger partial charge in [0.05, 0.1) is 0 Å². The number of ether oxygens (including phenoxy) is 2. The first-order valence-corrected chi connectivity index (χ1v) is 6.45. The lowest BCUT2D eigenvalue weighted by atomic mass is 10.2. The monoisotopic (exact) mass is 420 g/mol. The lowest BCUT2D eigenvalue weighted by Crippen LogP contribution is -2.61. The molecule has 0 aromatic heterocycles. The Morgan fingerprint density at radius 2 is 1.26 bits per heavy atom. The average Bonchev–Trinajstić information content (AvgIpc) is 2.50. The SMILES string of the molecule is O=C(OCc1ccccc1)[C@](F)(OC(F)(F)C(F)(F)C(F)(F)F)C(F)(F)F. The number of alkyl halides is 11. The molecule has 1 aromatic rings. The van der Waals surface area contributed by atoms with Crippen molar-refractivity contribution in [3.63, 3.8) is 0 Å². The Bertz CT molecular complexity index is 654. The van der Waals surface area contributed by atoms with E-state index in [-0.39, 0.29) is 5.56 Å². The van der Waals surface area contributed by atoms with Gasteiger partial charge in [0.25, 0.3) is 0 Å². The highest BCUT2D eigenvalue weighted by molar-refractivity contribution is 5.78. The number of carbonyl (C=O) groups is 1. The Morgan fingerprint density at radius 1 is 0.778 bits per heavy atom. The van der Waals surface area contributed by atoms with Crippen molar-refractivity contribution >= 4 is 5.97 Å². The first-order chi connectivity index (χ1) is 12.0. The van der Waals surface area contributed by atoms with Crippen LogP contribution in [-0.2, 0) is 20.9 Å². The summed E-state index contributed by atoms with van der Waals surface area (Å²) < 4.78 is 145. The molecule has 0 bridgehead atoms. The third-order valence-corrected chi connectivity index (χ3v) is 2.83. The van der Waals surface area contributed by atoms with Crippen molar-refractivity contribution in [2.45, 2.75) is 36.8 Å². The Balaban J connectivity index is 3.15. The maximum atomic E-state index is 13.8. The van der Waals surface area contributed by atoms with E-state index < -0.39 is 42.8 Å². The van der Waals surface area contributed by atoms with E-state index in [4.69, 9.17) is 0 Å². The minimum Gasteiger partial charge on any atom is -0.456 e. The average molecular weight is 420 g/mol. The van der Waals surface area contributed by atoms with Gasteiger partial charge >= 0.3 is 36.2 Å². The van der Waals surface area contributed by atoms with Crippen LogP contribution in [0.3, 0.4) is 0 Å². The lowest BCUT2D eigenvalue weighted by Gasteiger charge is -2.33. The smallest absolute Gasteiger partial charge is 0.456 e. The van der Waals surface area contributed by atoms with Crippen molar-refractivity contribution in [2.24, 2.45) is 0 Å². The van der Waals surface area contributed by atoms with Crippen LogP contribution in [0.5, 0.6) is 0 Å². The molecule has 0 heterocycles. The zero-order valence-electron chi connectivity index (χ0n) is 12.5. The van der Waals surface area contributed by atoms with Crippen molar-refractivity contribution in [2.75, 3.05) is 0 Å². The normalized spacial score (nSPS) is 16.0. The number of hydrogen-bond acceptors (Lipinski definition) is 3. The minimum atomic E-state index is -7.25. The zero-order chi connectivity index (χ0) is 21.3. The molecule has 0 aliphatic rings. The fourth-order valence-corrected chi connectivity index (χ4v) is 1.44. The first-order valence-electron chi connectivity index (χ1n) is 6.45. The Morgan fingerprint density at radius 3 is 1.67 bits per heavy atom. The van der Waals surface area contributed by atoms with Gasteiger partial charge in [0, 0.05) is 0 Å². The molecule has 0 aliphatic heterocycles. The van der Waals surface area contributed by atoms with E-state index in [1.54, 1.807) is 0 Å². The van der Waals surface area contributed by atoms with Gasteiger partial charge in [-0.2, -0.15) is 48.3 Å². The summed E-state index contributed by atoms with van der Waals surface area (Å²) in [6, 6.07) is 6.24. The Hall–Kier alpha value is -2.12. The van der Waals surface area contributed by atoms with Crippen molar-refractivity contribution in [3.05, 3.63) is 35.9 Å². The van der Waals surface area contributed by atoms with Crippen LogP contribution in [0.2, 0.25) is 0 Å². The number of esters is 1. The van der Waals surface area contributed by atoms with Crippen molar-refractivity contribution in [1.29, 1.82) is 0 Å². The number of halogens is 11. The highest BCUT2D eigenvalue weighted by atomic mass is 19.4. The standard InChI is InChI=1S/C13H7F11O3/c14-9(11(17,18)19,8(25)26-6-7-4-2-1-3-5-7)27-13(23,24)10(15,16)12(20,21)22/h1-5H,6H2/t9-/m0/s1. The van der Waals surface area contributed by atoms with E-state index in [9.17, 15) is 53.1 Å². The van der Waals surface area contributed by atoms with E-state index >= 15 is 0 Å². The summed E-state index contributed by atoms with van der Waals surface area (Å²) in [7, 11) is 0. The molecule has 0 fully saturated rings. The molecule has 0 radical (unpaired) electrons. The van der Waals surface area contributed by atoms with Crippen LogP contribution in [0.4, 0.5) is 48.3 Å². The molecule has 0 saturated carbocycles. The molecule has 27 heavy (non-hydrogen) atoms. The molecule has 1 rings (SSSR count). The van der Waals surface area contributed by atoms with Crippen LogP contribution in [0.1, 0.15) is 5.56 Å². The fourth-order valence-electron chi connectivity index (χ4n) is 1.44. The molecule has 0 N–H and O–H groups in total. The predicted molar refractivity (Wildman–Crippen MR) is 63.2 cm³/mol.